The number of anilines is 1. The SMILES string of the molecule is CC(C)(C)OC(=O)C1CNCCN1c1ccc(Cl)c2cccnc12. The molecule has 0 aliphatic carbocycles. The van der Waals surface area contributed by atoms with E-state index in [1.807, 2.05) is 45.0 Å². The zero-order chi connectivity index (χ0) is 17.3. The lowest BCUT2D eigenvalue weighted by molar-refractivity contribution is -0.156. The van der Waals surface area contributed by atoms with Crippen LogP contribution in [0.2, 0.25) is 5.02 Å². The van der Waals surface area contributed by atoms with Gasteiger partial charge in [-0.25, -0.2) is 4.79 Å². The van der Waals surface area contributed by atoms with Gasteiger partial charge >= 0.3 is 5.97 Å². The summed E-state index contributed by atoms with van der Waals surface area (Å²) in [6, 6.07) is 7.21. The third-order valence-electron chi connectivity index (χ3n) is 3.93. The van der Waals surface area contributed by atoms with Crippen molar-refractivity contribution < 1.29 is 9.53 Å². The molecule has 2 heterocycles. The summed E-state index contributed by atoms with van der Waals surface area (Å²) in [6.07, 6.45) is 1.74. The van der Waals surface area contributed by atoms with E-state index in [2.05, 4.69) is 15.2 Å². The van der Waals surface area contributed by atoms with Crippen LogP contribution in [-0.4, -0.2) is 42.2 Å². The zero-order valence-corrected chi connectivity index (χ0v) is 14.9. The van der Waals surface area contributed by atoms with E-state index in [1.165, 1.54) is 0 Å². The third-order valence-corrected chi connectivity index (χ3v) is 4.26. The van der Waals surface area contributed by atoms with Crippen LogP contribution in [0.1, 0.15) is 20.8 Å². The Kier molecular flexibility index (Phi) is 4.65. The number of nitrogens with one attached hydrogen (secondary N) is 1. The summed E-state index contributed by atoms with van der Waals surface area (Å²) < 4.78 is 5.60. The number of pyridine rings is 1. The Bertz CT molecular complexity index is 758. The molecule has 1 aromatic heterocycles. The van der Waals surface area contributed by atoms with Crippen molar-refractivity contribution in [1.82, 2.24) is 10.3 Å². The lowest BCUT2D eigenvalue weighted by Gasteiger charge is -2.38. The molecular weight excluding hydrogens is 326 g/mol. The fraction of sp³-hybridized carbons (Fsp3) is 0.444. The molecule has 1 fully saturated rings. The Balaban J connectivity index is 2.00. The van der Waals surface area contributed by atoms with E-state index in [1.54, 1.807) is 6.20 Å². The lowest BCUT2D eigenvalue weighted by atomic mass is 10.1. The fourth-order valence-corrected chi connectivity index (χ4v) is 3.14. The van der Waals surface area contributed by atoms with E-state index in [0.717, 1.165) is 23.1 Å². The standard InChI is InChI=1S/C18H22ClN3O2/c1-18(2,3)24-17(23)15-11-20-9-10-22(15)14-7-6-13(19)12-5-4-8-21-16(12)14/h4-8,15,20H,9-11H2,1-3H3. The van der Waals surface area contributed by atoms with Crippen LogP contribution in [0.3, 0.4) is 0 Å². The monoisotopic (exact) mass is 347 g/mol. The van der Waals surface area contributed by atoms with E-state index < -0.39 is 5.60 Å². The molecule has 0 spiro atoms. The fourth-order valence-electron chi connectivity index (χ4n) is 2.93. The Labute approximate surface area is 146 Å². The largest absolute Gasteiger partial charge is 0.458 e. The Morgan fingerprint density at radius 2 is 2.17 bits per heavy atom. The van der Waals surface area contributed by atoms with Gasteiger partial charge in [-0.3, -0.25) is 4.98 Å². The van der Waals surface area contributed by atoms with Gasteiger partial charge in [0.2, 0.25) is 0 Å². The Morgan fingerprint density at radius 1 is 1.38 bits per heavy atom. The van der Waals surface area contributed by atoms with Crippen molar-refractivity contribution in [3.05, 3.63) is 35.5 Å². The number of rotatable bonds is 2. The number of halogens is 1. The number of fused-ring (bicyclic) bond motifs is 1. The van der Waals surface area contributed by atoms with Crippen LogP contribution in [0, 0.1) is 0 Å². The highest BCUT2D eigenvalue weighted by Gasteiger charge is 2.33. The van der Waals surface area contributed by atoms with Crippen LogP contribution >= 0.6 is 11.6 Å². The van der Waals surface area contributed by atoms with Crippen LogP contribution in [0.4, 0.5) is 5.69 Å². The van der Waals surface area contributed by atoms with Gasteiger partial charge in [0.25, 0.3) is 0 Å². The number of aromatic nitrogens is 1. The average molecular weight is 348 g/mol. The van der Waals surface area contributed by atoms with Crippen LogP contribution in [-0.2, 0) is 9.53 Å². The molecule has 1 aromatic carbocycles. The summed E-state index contributed by atoms with van der Waals surface area (Å²) >= 11 is 6.29. The van der Waals surface area contributed by atoms with Crippen molar-refractivity contribution in [2.45, 2.75) is 32.4 Å². The number of nitrogens with zero attached hydrogens (tertiary/aromatic N) is 2. The van der Waals surface area contributed by atoms with Gasteiger partial charge in [0.15, 0.2) is 0 Å². The maximum atomic E-state index is 12.7. The van der Waals surface area contributed by atoms with Gasteiger partial charge in [0.1, 0.15) is 11.6 Å². The molecule has 1 saturated heterocycles. The molecular formula is C18H22ClN3O2. The topological polar surface area (TPSA) is 54.5 Å². The van der Waals surface area contributed by atoms with Gasteiger partial charge in [-0.15, -0.1) is 0 Å². The molecule has 1 unspecified atom stereocenters. The van der Waals surface area contributed by atoms with Gasteiger partial charge in [-0.2, -0.15) is 0 Å². The number of carbonyl (C=O) groups excluding carboxylic acids is 1. The number of ether oxygens (including phenoxy) is 1. The summed E-state index contributed by atoms with van der Waals surface area (Å²) in [6.45, 7) is 7.69. The summed E-state index contributed by atoms with van der Waals surface area (Å²) in [5.74, 6) is -0.228. The van der Waals surface area contributed by atoms with Crippen LogP contribution in [0.15, 0.2) is 30.5 Å². The maximum absolute atomic E-state index is 12.7. The quantitative estimate of drug-likeness (QED) is 0.846. The number of carbonyl (C=O) groups is 1. The van der Waals surface area contributed by atoms with E-state index in [-0.39, 0.29) is 12.0 Å². The van der Waals surface area contributed by atoms with E-state index in [9.17, 15) is 4.79 Å². The highest BCUT2D eigenvalue weighted by Crippen LogP contribution is 2.32. The molecule has 1 aliphatic heterocycles. The van der Waals surface area contributed by atoms with Crippen LogP contribution in [0.5, 0.6) is 0 Å². The number of hydrogen-bond donors (Lipinski definition) is 1. The first-order valence-electron chi connectivity index (χ1n) is 8.10. The van der Waals surface area contributed by atoms with Crippen molar-refractivity contribution in [2.24, 2.45) is 0 Å². The molecule has 0 amide bonds. The molecule has 6 heteroatoms. The minimum absolute atomic E-state index is 0.228. The first-order chi connectivity index (χ1) is 11.4. The first-order valence-corrected chi connectivity index (χ1v) is 8.48. The molecule has 1 atom stereocenters. The summed E-state index contributed by atoms with van der Waals surface area (Å²) in [5.41, 5.74) is 1.20. The van der Waals surface area contributed by atoms with Gasteiger partial charge in [0.05, 0.1) is 16.2 Å². The third kappa shape index (κ3) is 3.47. The molecule has 1 aliphatic rings. The smallest absolute Gasteiger partial charge is 0.330 e. The molecule has 5 nitrogen and oxygen atoms in total. The van der Waals surface area contributed by atoms with Gasteiger partial charge in [-0.05, 0) is 45.0 Å². The molecule has 0 saturated carbocycles. The van der Waals surface area contributed by atoms with Crippen LogP contribution < -0.4 is 10.2 Å². The number of benzene rings is 1. The highest BCUT2D eigenvalue weighted by atomic mass is 35.5. The maximum Gasteiger partial charge on any atom is 0.330 e. The van der Waals surface area contributed by atoms with Gasteiger partial charge in [0, 0.05) is 31.2 Å². The molecule has 0 bridgehead atoms. The van der Waals surface area contributed by atoms with Gasteiger partial charge < -0.3 is 15.0 Å². The summed E-state index contributed by atoms with van der Waals surface area (Å²) in [4.78, 5) is 19.2. The zero-order valence-electron chi connectivity index (χ0n) is 14.2. The van der Waals surface area contributed by atoms with Crippen molar-refractivity contribution in [2.75, 3.05) is 24.5 Å². The molecule has 3 rings (SSSR count). The minimum atomic E-state index is -0.513. The molecule has 24 heavy (non-hydrogen) atoms. The number of esters is 1. The van der Waals surface area contributed by atoms with Crippen LogP contribution in [0.25, 0.3) is 10.9 Å². The minimum Gasteiger partial charge on any atom is -0.458 e. The van der Waals surface area contributed by atoms with E-state index in [4.69, 9.17) is 16.3 Å². The summed E-state index contributed by atoms with van der Waals surface area (Å²) in [5, 5.41) is 4.82. The molecule has 0 radical (unpaired) electrons. The van der Waals surface area contributed by atoms with Crippen molar-refractivity contribution in [3.63, 3.8) is 0 Å². The molecule has 128 valence electrons. The predicted molar refractivity (Wildman–Crippen MR) is 96.6 cm³/mol. The molecule has 1 N–H and O–H groups in total. The van der Waals surface area contributed by atoms with Crippen molar-refractivity contribution in [1.29, 1.82) is 0 Å². The van der Waals surface area contributed by atoms with E-state index >= 15 is 0 Å². The second-order valence-electron chi connectivity index (χ2n) is 6.91. The lowest BCUT2D eigenvalue weighted by Crippen LogP contribution is -2.56. The number of piperazine rings is 1. The Hall–Kier alpha value is -1.85. The first kappa shape index (κ1) is 17.0. The van der Waals surface area contributed by atoms with Crippen molar-refractivity contribution in [3.8, 4) is 0 Å². The number of hydrogen-bond acceptors (Lipinski definition) is 5. The second-order valence-corrected chi connectivity index (χ2v) is 7.32. The Morgan fingerprint density at radius 3 is 2.92 bits per heavy atom. The highest BCUT2D eigenvalue weighted by molar-refractivity contribution is 6.35. The van der Waals surface area contributed by atoms with Crippen molar-refractivity contribution >= 4 is 34.2 Å². The second kappa shape index (κ2) is 6.57. The summed E-state index contributed by atoms with van der Waals surface area (Å²) in [7, 11) is 0. The van der Waals surface area contributed by atoms with E-state index in [0.29, 0.717) is 18.1 Å². The molecule has 2 aromatic rings. The predicted octanol–water partition coefficient (Wildman–Crippen LogP) is 3.01. The average Bonchev–Trinajstić information content (AvgIpc) is 2.54. The van der Waals surface area contributed by atoms with Gasteiger partial charge in [-0.1, -0.05) is 11.6 Å². The normalized spacial score (nSPS) is 18.7.